The third-order valence-electron chi connectivity index (χ3n) is 4.29. The molecular formula is C20H19N5O5S. The van der Waals surface area contributed by atoms with Crippen molar-refractivity contribution in [1.29, 1.82) is 0 Å². The summed E-state index contributed by atoms with van der Waals surface area (Å²) < 4.78 is 5.12. The van der Waals surface area contributed by atoms with E-state index in [1.54, 1.807) is 14.0 Å². The summed E-state index contributed by atoms with van der Waals surface area (Å²) in [7, 11) is 1.59. The SMILES string of the molecule is COc1ccc(/C(C)=N\N=C2/NC(=O)C(CC(=O)Nc3cccc([N+](=O)[O-])c3)S2)cc1. The van der Waals surface area contributed by atoms with Gasteiger partial charge in [-0.2, -0.15) is 5.10 Å². The zero-order valence-corrected chi connectivity index (χ0v) is 17.5. The zero-order valence-electron chi connectivity index (χ0n) is 16.7. The number of hydrogen-bond acceptors (Lipinski definition) is 8. The molecule has 3 rings (SSSR count). The van der Waals surface area contributed by atoms with E-state index in [1.165, 1.54) is 24.3 Å². The molecule has 1 saturated heterocycles. The predicted molar refractivity (Wildman–Crippen MR) is 119 cm³/mol. The second-order valence-electron chi connectivity index (χ2n) is 6.47. The van der Waals surface area contributed by atoms with E-state index in [9.17, 15) is 19.7 Å². The molecule has 0 bridgehead atoms. The van der Waals surface area contributed by atoms with E-state index in [2.05, 4.69) is 20.8 Å². The van der Waals surface area contributed by atoms with Crippen LogP contribution in [0.15, 0.2) is 58.7 Å². The molecule has 2 N–H and O–H groups in total. The number of thioether (sulfide) groups is 1. The molecule has 0 spiro atoms. The minimum atomic E-state index is -0.672. The zero-order chi connectivity index (χ0) is 22.4. The van der Waals surface area contributed by atoms with Gasteiger partial charge in [0, 0.05) is 24.2 Å². The van der Waals surface area contributed by atoms with Crippen molar-refractivity contribution in [3.8, 4) is 5.75 Å². The van der Waals surface area contributed by atoms with Crippen molar-refractivity contribution in [2.24, 2.45) is 10.2 Å². The second-order valence-corrected chi connectivity index (χ2v) is 7.67. The summed E-state index contributed by atoms with van der Waals surface area (Å²) in [6, 6.07) is 12.9. The van der Waals surface area contributed by atoms with Gasteiger partial charge >= 0.3 is 0 Å². The highest BCUT2D eigenvalue weighted by atomic mass is 32.2. The van der Waals surface area contributed by atoms with Gasteiger partial charge in [-0.1, -0.05) is 17.8 Å². The van der Waals surface area contributed by atoms with Crippen LogP contribution in [0.5, 0.6) is 5.75 Å². The van der Waals surface area contributed by atoms with Crippen molar-refractivity contribution >= 4 is 45.8 Å². The number of nitro benzene ring substituents is 1. The minimum absolute atomic E-state index is 0.112. The summed E-state index contributed by atoms with van der Waals surface area (Å²) in [5.41, 5.74) is 1.66. The Bertz CT molecular complexity index is 1070. The van der Waals surface area contributed by atoms with E-state index in [4.69, 9.17) is 4.74 Å². The van der Waals surface area contributed by atoms with E-state index in [0.717, 1.165) is 23.1 Å². The van der Waals surface area contributed by atoms with Gasteiger partial charge in [0.15, 0.2) is 5.17 Å². The van der Waals surface area contributed by atoms with E-state index in [-0.39, 0.29) is 23.7 Å². The second kappa shape index (κ2) is 9.85. The van der Waals surface area contributed by atoms with Gasteiger partial charge in [0.2, 0.25) is 11.8 Å². The van der Waals surface area contributed by atoms with Crippen LogP contribution in [0.2, 0.25) is 0 Å². The van der Waals surface area contributed by atoms with E-state index in [0.29, 0.717) is 10.9 Å². The van der Waals surface area contributed by atoms with Crippen LogP contribution in [-0.4, -0.2) is 40.0 Å². The number of rotatable bonds is 7. The van der Waals surface area contributed by atoms with Gasteiger partial charge in [0.1, 0.15) is 11.0 Å². The minimum Gasteiger partial charge on any atom is -0.497 e. The number of hydrogen-bond donors (Lipinski definition) is 2. The van der Waals surface area contributed by atoms with Gasteiger partial charge in [-0.05, 0) is 42.8 Å². The number of benzene rings is 2. The van der Waals surface area contributed by atoms with Crippen LogP contribution in [0.4, 0.5) is 11.4 Å². The van der Waals surface area contributed by atoms with Crippen molar-refractivity contribution in [2.45, 2.75) is 18.6 Å². The molecule has 31 heavy (non-hydrogen) atoms. The van der Waals surface area contributed by atoms with E-state index >= 15 is 0 Å². The van der Waals surface area contributed by atoms with Gasteiger partial charge in [-0.15, -0.1) is 5.10 Å². The number of amides is 2. The van der Waals surface area contributed by atoms with E-state index in [1.807, 2.05) is 24.3 Å². The molecule has 2 amide bonds. The summed E-state index contributed by atoms with van der Waals surface area (Å²) in [5, 5.41) is 23.8. The fraction of sp³-hybridized carbons (Fsp3) is 0.200. The van der Waals surface area contributed by atoms with E-state index < -0.39 is 16.1 Å². The smallest absolute Gasteiger partial charge is 0.271 e. The molecule has 10 nitrogen and oxygen atoms in total. The van der Waals surface area contributed by atoms with Crippen LogP contribution < -0.4 is 15.4 Å². The first-order chi connectivity index (χ1) is 14.9. The fourth-order valence-corrected chi connectivity index (χ4v) is 3.59. The Kier molecular flexibility index (Phi) is 6.98. The topological polar surface area (TPSA) is 135 Å². The molecular weight excluding hydrogens is 422 g/mol. The Labute approximate surface area is 181 Å². The maximum absolute atomic E-state index is 12.3. The summed E-state index contributed by atoms with van der Waals surface area (Å²) in [6.45, 7) is 1.79. The number of non-ortho nitro benzene ring substituents is 1. The first-order valence-corrected chi connectivity index (χ1v) is 10.0. The molecule has 1 aliphatic rings. The quantitative estimate of drug-likeness (QED) is 0.385. The van der Waals surface area contributed by atoms with Gasteiger partial charge in [0.05, 0.1) is 17.7 Å². The third kappa shape index (κ3) is 5.89. The Morgan fingerprint density at radius 3 is 2.71 bits per heavy atom. The van der Waals surface area contributed by atoms with Crippen molar-refractivity contribution in [1.82, 2.24) is 5.32 Å². The molecule has 2 aromatic carbocycles. The molecule has 0 saturated carbocycles. The van der Waals surface area contributed by atoms with Crippen LogP contribution >= 0.6 is 11.8 Å². The number of amidine groups is 1. The molecule has 0 radical (unpaired) electrons. The van der Waals surface area contributed by atoms with Crippen molar-refractivity contribution < 1.29 is 19.2 Å². The average Bonchev–Trinajstić information content (AvgIpc) is 3.11. The normalized spacial score (nSPS) is 17.4. The predicted octanol–water partition coefficient (Wildman–Crippen LogP) is 2.94. The lowest BCUT2D eigenvalue weighted by Crippen LogP contribution is -2.28. The number of methoxy groups -OCH3 is 1. The lowest BCUT2D eigenvalue weighted by Gasteiger charge is -2.07. The maximum atomic E-state index is 12.3. The Morgan fingerprint density at radius 1 is 1.29 bits per heavy atom. The molecule has 1 unspecified atom stereocenters. The molecule has 1 heterocycles. The summed E-state index contributed by atoms with van der Waals surface area (Å²) >= 11 is 1.10. The van der Waals surface area contributed by atoms with Crippen molar-refractivity contribution in [3.63, 3.8) is 0 Å². The largest absolute Gasteiger partial charge is 0.497 e. The number of nitrogens with one attached hydrogen (secondary N) is 2. The van der Waals surface area contributed by atoms with Crippen molar-refractivity contribution in [2.75, 3.05) is 12.4 Å². The van der Waals surface area contributed by atoms with Crippen LogP contribution in [0.3, 0.4) is 0 Å². The number of ether oxygens (including phenoxy) is 1. The van der Waals surface area contributed by atoms with Gasteiger partial charge in [-0.25, -0.2) is 0 Å². The van der Waals surface area contributed by atoms with Gasteiger partial charge in [-0.3, -0.25) is 19.7 Å². The lowest BCUT2D eigenvalue weighted by molar-refractivity contribution is -0.384. The standard InChI is InChI=1S/C20H19N5O5S/c1-12(13-6-8-16(30-2)9-7-13)23-24-20-22-19(27)17(31-20)11-18(26)21-14-4-3-5-15(10-14)25(28)29/h3-10,17H,11H2,1-2H3,(H,21,26)(H,22,24,27)/b23-12-. The van der Waals surface area contributed by atoms with Crippen LogP contribution in [0.1, 0.15) is 18.9 Å². The summed E-state index contributed by atoms with van der Waals surface area (Å²) in [5.74, 6) is -0.0599. The number of carbonyl (C=O) groups excluding carboxylic acids is 2. The maximum Gasteiger partial charge on any atom is 0.271 e. The molecule has 160 valence electrons. The molecule has 1 aliphatic heterocycles. The highest BCUT2D eigenvalue weighted by Gasteiger charge is 2.32. The molecule has 1 fully saturated rings. The summed E-state index contributed by atoms with van der Waals surface area (Å²) in [6.07, 6.45) is -0.112. The first-order valence-electron chi connectivity index (χ1n) is 9.14. The number of nitrogens with zero attached hydrogens (tertiary/aromatic N) is 3. The lowest BCUT2D eigenvalue weighted by atomic mass is 10.1. The first kappa shape index (κ1) is 22.0. The Balaban J connectivity index is 1.59. The Hall–Kier alpha value is -3.73. The van der Waals surface area contributed by atoms with Crippen LogP contribution in [0.25, 0.3) is 0 Å². The van der Waals surface area contributed by atoms with Crippen molar-refractivity contribution in [3.05, 3.63) is 64.2 Å². The molecule has 0 aliphatic carbocycles. The Morgan fingerprint density at radius 2 is 2.03 bits per heavy atom. The van der Waals surface area contributed by atoms with Gasteiger partial charge in [0.25, 0.3) is 5.69 Å². The molecule has 1 atom stereocenters. The third-order valence-corrected chi connectivity index (χ3v) is 5.36. The molecule has 0 aromatic heterocycles. The molecule has 2 aromatic rings. The summed E-state index contributed by atoms with van der Waals surface area (Å²) in [4.78, 5) is 34.7. The highest BCUT2D eigenvalue weighted by Crippen LogP contribution is 2.24. The monoisotopic (exact) mass is 441 g/mol. The fourth-order valence-electron chi connectivity index (χ4n) is 2.67. The van der Waals surface area contributed by atoms with Crippen LogP contribution in [-0.2, 0) is 9.59 Å². The average molecular weight is 441 g/mol. The van der Waals surface area contributed by atoms with Gasteiger partial charge < -0.3 is 15.4 Å². The number of carbonyl (C=O) groups is 2. The highest BCUT2D eigenvalue weighted by molar-refractivity contribution is 8.15. The van der Waals surface area contributed by atoms with Crippen LogP contribution in [0, 0.1) is 10.1 Å². The molecule has 11 heteroatoms. The number of nitro groups is 1. The number of anilines is 1.